The van der Waals surface area contributed by atoms with Crippen molar-refractivity contribution in [2.45, 2.75) is 56.5 Å². The molecule has 1 aliphatic carbocycles. The summed E-state index contributed by atoms with van der Waals surface area (Å²) in [5, 5.41) is -0.574. The van der Waals surface area contributed by atoms with Crippen LogP contribution in [0.4, 0.5) is 10.1 Å². The number of hydrogen-bond acceptors (Lipinski definition) is 3. The zero-order valence-electron chi connectivity index (χ0n) is 12.5. The van der Waals surface area contributed by atoms with E-state index in [-0.39, 0.29) is 0 Å². The van der Waals surface area contributed by atoms with Crippen molar-refractivity contribution in [1.29, 1.82) is 0 Å². The molecule has 0 aromatic heterocycles. The number of halogens is 1. The van der Waals surface area contributed by atoms with Crippen molar-refractivity contribution in [3.05, 3.63) is 29.8 Å². The highest BCUT2D eigenvalue weighted by Crippen LogP contribution is 2.41. The molecular formula is C15H23FN2O2S. The van der Waals surface area contributed by atoms with Crippen LogP contribution >= 0.6 is 0 Å². The maximum Gasteiger partial charge on any atom is 0.214 e. The van der Waals surface area contributed by atoms with Gasteiger partial charge in [0, 0.05) is 5.69 Å². The molecule has 1 aliphatic rings. The predicted octanol–water partition coefficient (Wildman–Crippen LogP) is 2.70. The Kier molecular flexibility index (Phi) is 4.58. The summed E-state index contributed by atoms with van der Waals surface area (Å²) in [6.45, 7) is 3.18. The highest BCUT2D eigenvalue weighted by atomic mass is 32.2. The summed E-state index contributed by atoms with van der Waals surface area (Å²) in [5.74, 6) is 0. The summed E-state index contributed by atoms with van der Waals surface area (Å²) < 4.78 is 42.2. The zero-order valence-corrected chi connectivity index (χ0v) is 13.3. The van der Waals surface area contributed by atoms with Crippen LogP contribution in [0.15, 0.2) is 24.3 Å². The van der Waals surface area contributed by atoms with Gasteiger partial charge in [-0.1, -0.05) is 18.6 Å². The van der Waals surface area contributed by atoms with Gasteiger partial charge in [-0.15, -0.1) is 0 Å². The van der Waals surface area contributed by atoms with E-state index in [2.05, 4.69) is 4.72 Å². The number of sulfonamides is 1. The van der Waals surface area contributed by atoms with Gasteiger partial charge in [-0.2, -0.15) is 0 Å². The van der Waals surface area contributed by atoms with Crippen molar-refractivity contribution < 1.29 is 12.8 Å². The highest BCUT2D eigenvalue weighted by molar-refractivity contribution is 7.90. The van der Waals surface area contributed by atoms with Crippen molar-refractivity contribution in [3.8, 4) is 0 Å². The normalized spacial score (nSPS) is 27.0. The second kappa shape index (κ2) is 5.93. The predicted molar refractivity (Wildman–Crippen MR) is 83.1 cm³/mol. The van der Waals surface area contributed by atoms with Crippen molar-refractivity contribution in [2.75, 3.05) is 5.73 Å². The third-order valence-electron chi connectivity index (χ3n) is 4.15. The topological polar surface area (TPSA) is 72.2 Å². The Hall–Kier alpha value is -1.14. The SMILES string of the molecule is CC(C)S(=O)(=O)N[C@H]1CCCC[C@]1(F)c1ccc(N)cc1. The molecule has 1 aromatic carbocycles. The van der Waals surface area contributed by atoms with Gasteiger partial charge in [0.2, 0.25) is 10.0 Å². The molecule has 0 aliphatic heterocycles. The van der Waals surface area contributed by atoms with Crippen LogP contribution in [0.3, 0.4) is 0 Å². The Morgan fingerprint density at radius 3 is 2.48 bits per heavy atom. The van der Waals surface area contributed by atoms with Crippen molar-refractivity contribution >= 4 is 15.7 Å². The number of nitrogens with one attached hydrogen (secondary N) is 1. The maximum absolute atomic E-state index is 15.5. The molecule has 0 unspecified atom stereocenters. The van der Waals surface area contributed by atoms with E-state index in [1.165, 1.54) is 0 Å². The minimum absolute atomic E-state index is 0.322. The van der Waals surface area contributed by atoms with E-state index >= 15 is 4.39 Å². The molecule has 2 atom stereocenters. The van der Waals surface area contributed by atoms with E-state index in [1.54, 1.807) is 38.1 Å². The summed E-state index contributed by atoms with van der Waals surface area (Å²) in [5.41, 5.74) is 5.03. The van der Waals surface area contributed by atoms with Gasteiger partial charge in [0.25, 0.3) is 0 Å². The number of anilines is 1. The third-order valence-corrected chi connectivity index (χ3v) is 6.01. The number of benzene rings is 1. The summed E-state index contributed by atoms with van der Waals surface area (Å²) in [6.07, 6.45) is 2.40. The average molecular weight is 314 g/mol. The maximum atomic E-state index is 15.5. The first-order chi connectivity index (χ1) is 9.75. The first-order valence-corrected chi connectivity index (χ1v) is 8.86. The van der Waals surface area contributed by atoms with Crippen molar-refractivity contribution in [1.82, 2.24) is 4.72 Å². The lowest BCUT2D eigenvalue weighted by Crippen LogP contribution is -2.51. The van der Waals surface area contributed by atoms with Crippen LogP contribution in [0.25, 0.3) is 0 Å². The van der Waals surface area contributed by atoms with E-state index < -0.39 is 27.0 Å². The minimum atomic E-state index is -3.50. The molecular weight excluding hydrogens is 291 g/mol. The Bertz CT molecular complexity index is 586. The van der Waals surface area contributed by atoms with Gasteiger partial charge in [-0.3, -0.25) is 0 Å². The first kappa shape index (κ1) is 16.2. The second-order valence-electron chi connectivity index (χ2n) is 5.99. The van der Waals surface area contributed by atoms with Crippen LogP contribution in [-0.2, 0) is 15.7 Å². The lowest BCUT2D eigenvalue weighted by atomic mass is 9.77. The molecule has 2 rings (SSSR count). The highest BCUT2D eigenvalue weighted by Gasteiger charge is 2.44. The van der Waals surface area contributed by atoms with Crippen LogP contribution in [0.2, 0.25) is 0 Å². The largest absolute Gasteiger partial charge is 0.399 e. The molecule has 1 aromatic rings. The van der Waals surface area contributed by atoms with Gasteiger partial charge in [-0.05, 0) is 50.8 Å². The van der Waals surface area contributed by atoms with E-state index in [0.717, 1.165) is 12.8 Å². The lowest BCUT2D eigenvalue weighted by molar-refractivity contribution is 0.0712. The number of nitrogens with two attached hydrogens (primary N) is 1. The molecule has 3 N–H and O–H groups in total. The molecule has 0 saturated heterocycles. The lowest BCUT2D eigenvalue weighted by Gasteiger charge is -2.38. The van der Waals surface area contributed by atoms with Crippen LogP contribution in [0.1, 0.15) is 45.1 Å². The van der Waals surface area contributed by atoms with Gasteiger partial charge in [0.05, 0.1) is 11.3 Å². The van der Waals surface area contributed by atoms with Crippen LogP contribution in [0, 0.1) is 0 Å². The minimum Gasteiger partial charge on any atom is -0.399 e. The van der Waals surface area contributed by atoms with Gasteiger partial charge < -0.3 is 5.73 Å². The molecule has 1 saturated carbocycles. The van der Waals surface area contributed by atoms with E-state index in [1.807, 2.05) is 0 Å². The molecule has 118 valence electrons. The second-order valence-corrected chi connectivity index (χ2v) is 8.26. The molecule has 0 radical (unpaired) electrons. The fourth-order valence-corrected chi connectivity index (χ4v) is 3.70. The Labute approximate surface area is 126 Å². The van der Waals surface area contributed by atoms with Crippen LogP contribution in [-0.4, -0.2) is 19.7 Å². The average Bonchev–Trinajstić information content (AvgIpc) is 2.42. The molecule has 1 fully saturated rings. The first-order valence-electron chi connectivity index (χ1n) is 7.32. The van der Waals surface area contributed by atoms with Gasteiger partial charge in [0.15, 0.2) is 5.67 Å². The molecule has 0 bridgehead atoms. The summed E-state index contributed by atoms with van der Waals surface area (Å²) in [6, 6.07) is 5.88. The Balaban J connectivity index is 2.32. The smallest absolute Gasteiger partial charge is 0.214 e. The molecule has 21 heavy (non-hydrogen) atoms. The Morgan fingerprint density at radius 1 is 1.29 bits per heavy atom. The number of nitrogen functional groups attached to an aromatic ring is 1. The summed E-state index contributed by atoms with van der Waals surface area (Å²) in [4.78, 5) is 0. The standard InChI is InChI=1S/C15H23FN2O2S/c1-11(2)21(19,20)18-14-5-3-4-10-15(14,16)12-6-8-13(17)9-7-12/h6-9,11,14,18H,3-5,10,17H2,1-2H3/t14-,15-/m0/s1. The van der Waals surface area contributed by atoms with Crippen LogP contribution in [0.5, 0.6) is 0 Å². The van der Waals surface area contributed by atoms with Gasteiger partial charge >= 0.3 is 0 Å². The molecule has 6 heteroatoms. The fourth-order valence-electron chi connectivity index (χ4n) is 2.73. The van der Waals surface area contributed by atoms with E-state index in [4.69, 9.17) is 5.73 Å². The fraction of sp³-hybridized carbons (Fsp3) is 0.600. The molecule has 0 spiro atoms. The van der Waals surface area contributed by atoms with Crippen LogP contribution < -0.4 is 10.5 Å². The number of alkyl halides is 1. The summed E-state index contributed by atoms with van der Waals surface area (Å²) >= 11 is 0. The van der Waals surface area contributed by atoms with Gasteiger partial charge in [0.1, 0.15) is 0 Å². The van der Waals surface area contributed by atoms with Crippen molar-refractivity contribution in [2.24, 2.45) is 0 Å². The molecule has 4 nitrogen and oxygen atoms in total. The number of hydrogen-bond donors (Lipinski definition) is 2. The van der Waals surface area contributed by atoms with Crippen molar-refractivity contribution in [3.63, 3.8) is 0 Å². The van der Waals surface area contributed by atoms with Gasteiger partial charge in [-0.25, -0.2) is 17.5 Å². The molecule has 0 heterocycles. The van der Waals surface area contributed by atoms with E-state index in [0.29, 0.717) is 24.1 Å². The number of rotatable bonds is 4. The molecule has 0 amide bonds. The zero-order chi connectivity index (χ0) is 15.7. The monoisotopic (exact) mass is 314 g/mol. The Morgan fingerprint density at radius 2 is 1.90 bits per heavy atom. The third kappa shape index (κ3) is 3.37. The van der Waals surface area contributed by atoms with E-state index in [9.17, 15) is 8.42 Å². The summed E-state index contributed by atoms with van der Waals surface area (Å²) in [7, 11) is -3.50. The quantitative estimate of drug-likeness (QED) is 0.839.